The van der Waals surface area contributed by atoms with Crippen molar-refractivity contribution in [2.24, 2.45) is 5.92 Å². The summed E-state index contributed by atoms with van der Waals surface area (Å²) in [6.07, 6.45) is 3.64. The number of fused-ring (bicyclic) bond motifs is 1. The van der Waals surface area contributed by atoms with E-state index in [2.05, 4.69) is 20.2 Å². The van der Waals surface area contributed by atoms with Gasteiger partial charge in [0.25, 0.3) is 0 Å². The Hall–Kier alpha value is -2.18. The lowest BCUT2D eigenvalue weighted by Crippen LogP contribution is -2.40. The maximum atomic E-state index is 12.8. The third kappa shape index (κ3) is 3.52. The minimum atomic E-state index is -0.0567. The molecule has 0 aliphatic carbocycles. The van der Waals surface area contributed by atoms with E-state index in [4.69, 9.17) is 11.6 Å². The Morgan fingerprint density at radius 2 is 2.27 bits per heavy atom. The van der Waals surface area contributed by atoms with Crippen LogP contribution >= 0.6 is 22.9 Å². The molecule has 26 heavy (non-hydrogen) atoms. The van der Waals surface area contributed by atoms with Crippen molar-refractivity contribution in [2.75, 3.05) is 23.3 Å². The van der Waals surface area contributed by atoms with Gasteiger partial charge in [0, 0.05) is 30.0 Å². The van der Waals surface area contributed by atoms with E-state index >= 15 is 0 Å². The molecule has 1 aliphatic heterocycles. The first-order valence-electron chi connectivity index (χ1n) is 8.63. The molecule has 7 heteroatoms. The molecule has 4 rings (SSSR count). The smallest absolute Gasteiger partial charge is 0.229 e. The number of carbonyl (C=O) groups is 1. The number of pyridine rings is 1. The summed E-state index contributed by atoms with van der Waals surface area (Å²) in [5, 5.41) is 4.67. The highest BCUT2D eigenvalue weighted by Gasteiger charge is 2.27. The van der Waals surface area contributed by atoms with E-state index in [1.54, 1.807) is 23.6 Å². The van der Waals surface area contributed by atoms with Crippen molar-refractivity contribution in [3.05, 3.63) is 47.1 Å². The Bertz CT molecular complexity index is 925. The van der Waals surface area contributed by atoms with Crippen molar-refractivity contribution in [1.29, 1.82) is 0 Å². The quantitative estimate of drug-likeness (QED) is 0.719. The monoisotopic (exact) mass is 386 g/mol. The predicted octanol–water partition coefficient (Wildman–Crippen LogP) is 4.51. The zero-order valence-corrected chi connectivity index (χ0v) is 16.0. The van der Waals surface area contributed by atoms with Crippen LogP contribution in [0.1, 0.15) is 18.4 Å². The fourth-order valence-electron chi connectivity index (χ4n) is 3.26. The van der Waals surface area contributed by atoms with Gasteiger partial charge in [0.05, 0.1) is 5.92 Å². The van der Waals surface area contributed by atoms with Crippen molar-refractivity contribution < 1.29 is 4.79 Å². The standard InChI is InChI=1S/C19H19ClN4OS/c1-12-10-14(20)6-7-15(12)22-17(25)13-4-3-9-24(11-13)19-23-16-5-2-8-21-18(16)26-19/h2,5-8,10,13H,3-4,9,11H2,1H3,(H,22,25). The van der Waals surface area contributed by atoms with Gasteiger partial charge in [0.15, 0.2) is 5.13 Å². The molecule has 3 heterocycles. The zero-order valence-electron chi connectivity index (χ0n) is 14.4. The first kappa shape index (κ1) is 17.2. The second kappa shape index (κ2) is 7.21. The number of piperidine rings is 1. The van der Waals surface area contributed by atoms with E-state index in [0.717, 1.165) is 46.1 Å². The highest BCUT2D eigenvalue weighted by Crippen LogP contribution is 2.31. The summed E-state index contributed by atoms with van der Waals surface area (Å²) in [4.78, 5) is 24.9. The highest BCUT2D eigenvalue weighted by atomic mass is 35.5. The Labute approximate surface area is 161 Å². The van der Waals surface area contributed by atoms with Gasteiger partial charge in [-0.25, -0.2) is 9.97 Å². The number of amides is 1. The average molecular weight is 387 g/mol. The van der Waals surface area contributed by atoms with Gasteiger partial charge in [-0.3, -0.25) is 4.79 Å². The normalized spacial score (nSPS) is 17.5. The summed E-state index contributed by atoms with van der Waals surface area (Å²) in [5.41, 5.74) is 2.70. The number of aryl methyl sites for hydroxylation is 1. The first-order valence-corrected chi connectivity index (χ1v) is 9.83. The molecular weight excluding hydrogens is 368 g/mol. The summed E-state index contributed by atoms with van der Waals surface area (Å²) < 4.78 is 0. The molecule has 1 fully saturated rings. The van der Waals surface area contributed by atoms with Gasteiger partial charge in [0.2, 0.25) is 5.91 Å². The molecule has 134 valence electrons. The Kier molecular flexibility index (Phi) is 4.78. The summed E-state index contributed by atoms with van der Waals surface area (Å²) in [6.45, 7) is 3.55. The van der Waals surface area contributed by atoms with Crippen molar-refractivity contribution in [3.63, 3.8) is 0 Å². The molecule has 1 atom stereocenters. The minimum absolute atomic E-state index is 0.0550. The zero-order chi connectivity index (χ0) is 18.1. The minimum Gasteiger partial charge on any atom is -0.347 e. The van der Waals surface area contributed by atoms with Crippen LogP contribution in [0.5, 0.6) is 0 Å². The number of halogens is 1. The first-order chi connectivity index (χ1) is 12.6. The number of thiazole rings is 1. The summed E-state index contributed by atoms with van der Waals surface area (Å²) in [5.74, 6) is -0.00171. The van der Waals surface area contributed by atoms with Gasteiger partial charge in [-0.2, -0.15) is 0 Å². The van der Waals surface area contributed by atoms with Crippen molar-refractivity contribution in [2.45, 2.75) is 19.8 Å². The summed E-state index contributed by atoms with van der Waals surface area (Å²) >= 11 is 7.58. The number of hydrogen-bond acceptors (Lipinski definition) is 5. The molecule has 0 spiro atoms. The molecule has 0 saturated carbocycles. The lowest BCUT2D eigenvalue weighted by Gasteiger charge is -2.31. The van der Waals surface area contributed by atoms with E-state index in [1.165, 1.54) is 0 Å². The van der Waals surface area contributed by atoms with Gasteiger partial charge >= 0.3 is 0 Å². The number of hydrogen-bond donors (Lipinski definition) is 1. The molecular formula is C19H19ClN4OS. The molecule has 2 aromatic heterocycles. The van der Waals surface area contributed by atoms with Crippen molar-refractivity contribution in [3.8, 4) is 0 Å². The lowest BCUT2D eigenvalue weighted by molar-refractivity contribution is -0.120. The van der Waals surface area contributed by atoms with Gasteiger partial charge in [-0.15, -0.1) is 0 Å². The number of carbonyl (C=O) groups excluding carboxylic acids is 1. The number of anilines is 2. The molecule has 1 unspecified atom stereocenters. The average Bonchev–Trinajstić information content (AvgIpc) is 3.08. The summed E-state index contributed by atoms with van der Waals surface area (Å²) in [6, 6.07) is 9.38. The fourth-order valence-corrected chi connectivity index (χ4v) is 4.43. The predicted molar refractivity (Wildman–Crippen MR) is 107 cm³/mol. The molecule has 1 amide bonds. The second-order valence-corrected chi connectivity index (χ2v) is 7.95. The molecule has 1 aromatic carbocycles. The fraction of sp³-hybridized carbons (Fsp3) is 0.316. The van der Waals surface area contributed by atoms with E-state index in [9.17, 15) is 4.79 Å². The van der Waals surface area contributed by atoms with Gasteiger partial charge in [0.1, 0.15) is 10.3 Å². The number of aromatic nitrogens is 2. The van der Waals surface area contributed by atoms with Gasteiger partial charge in [-0.1, -0.05) is 22.9 Å². The van der Waals surface area contributed by atoms with Crippen LogP contribution < -0.4 is 10.2 Å². The molecule has 0 bridgehead atoms. The molecule has 5 nitrogen and oxygen atoms in total. The van der Waals surface area contributed by atoms with Crippen molar-refractivity contribution in [1.82, 2.24) is 9.97 Å². The van der Waals surface area contributed by atoms with Crippen LogP contribution in [-0.2, 0) is 4.79 Å². The molecule has 1 aliphatic rings. The molecule has 0 radical (unpaired) electrons. The van der Waals surface area contributed by atoms with Gasteiger partial charge in [-0.05, 0) is 55.7 Å². The van der Waals surface area contributed by atoms with E-state index in [0.29, 0.717) is 11.6 Å². The van der Waals surface area contributed by atoms with Gasteiger partial charge < -0.3 is 10.2 Å². The van der Waals surface area contributed by atoms with E-state index in [1.807, 2.05) is 31.2 Å². The Balaban J connectivity index is 1.48. The Morgan fingerprint density at radius 3 is 3.08 bits per heavy atom. The van der Waals surface area contributed by atoms with Crippen LogP contribution in [0.4, 0.5) is 10.8 Å². The van der Waals surface area contributed by atoms with E-state index < -0.39 is 0 Å². The maximum absolute atomic E-state index is 12.8. The topological polar surface area (TPSA) is 58.1 Å². The molecule has 1 saturated heterocycles. The van der Waals surface area contributed by atoms with E-state index in [-0.39, 0.29) is 11.8 Å². The number of nitrogens with one attached hydrogen (secondary N) is 1. The summed E-state index contributed by atoms with van der Waals surface area (Å²) in [7, 11) is 0. The largest absolute Gasteiger partial charge is 0.347 e. The lowest BCUT2D eigenvalue weighted by atomic mass is 9.97. The van der Waals surface area contributed by atoms with Crippen LogP contribution in [0, 0.1) is 12.8 Å². The Morgan fingerprint density at radius 1 is 1.38 bits per heavy atom. The van der Waals surface area contributed by atoms with Crippen molar-refractivity contribution >= 4 is 50.0 Å². The number of nitrogens with zero attached hydrogens (tertiary/aromatic N) is 3. The second-order valence-electron chi connectivity index (χ2n) is 6.56. The van der Waals surface area contributed by atoms with Crippen LogP contribution in [0.2, 0.25) is 5.02 Å². The molecule has 3 aromatic rings. The van der Waals surface area contributed by atoms with Crippen LogP contribution in [-0.4, -0.2) is 29.0 Å². The number of benzene rings is 1. The van der Waals surface area contributed by atoms with Crippen LogP contribution in [0.3, 0.4) is 0 Å². The highest BCUT2D eigenvalue weighted by molar-refractivity contribution is 7.21. The maximum Gasteiger partial charge on any atom is 0.229 e. The third-order valence-electron chi connectivity index (χ3n) is 4.66. The molecule has 1 N–H and O–H groups in total. The SMILES string of the molecule is Cc1cc(Cl)ccc1NC(=O)C1CCCN(c2nc3cccnc3s2)C1. The third-order valence-corrected chi connectivity index (χ3v) is 5.94. The van der Waals surface area contributed by atoms with Crippen LogP contribution in [0.25, 0.3) is 10.3 Å². The number of rotatable bonds is 3. The van der Waals surface area contributed by atoms with Crippen LogP contribution in [0.15, 0.2) is 36.5 Å².